The second-order valence-electron chi connectivity index (χ2n) is 5.66. The lowest BCUT2D eigenvalue weighted by Gasteiger charge is -2.26. The van der Waals surface area contributed by atoms with Crippen LogP contribution < -0.4 is 0 Å². The van der Waals surface area contributed by atoms with Crippen molar-refractivity contribution in [3.05, 3.63) is 87.6 Å². The summed E-state index contributed by atoms with van der Waals surface area (Å²) in [6, 6.07) is 19.3. The van der Waals surface area contributed by atoms with Crippen LogP contribution in [-0.4, -0.2) is 11.4 Å². The van der Waals surface area contributed by atoms with Crippen molar-refractivity contribution in [2.75, 3.05) is 6.54 Å². The predicted molar refractivity (Wildman–Crippen MR) is 102 cm³/mol. The number of allylic oxidation sites excluding steroid dienone is 2. The summed E-state index contributed by atoms with van der Waals surface area (Å²) in [6.45, 7) is 2.12. The van der Waals surface area contributed by atoms with Crippen LogP contribution >= 0.6 is 22.6 Å². The van der Waals surface area contributed by atoms with Crippen LogP contribution in [0.4, 0.5) is 0 Å². The summed E-state index contributed by atoms with van der Waals surface area (Å²) in [5, 5.41) is 0. The van der Waals surface area contributed by atoms with Gasteiger partial charge in [0.2, 0.25) is 0 Å². The molecule has 2 aromatic rings. The zero-order chi connectivity index (χ0) is 15.2. The van der Waals surface area contributed by atoms with Crippen molar-refractivity contribution in [3.8, 4) is 0 Å². The van der Waals surface area contributed by atoms with E-state index in [1.165, 1.54) is 21.1 Å². The molecule has 1 aliphatic rings. The summed E-state index contributed by atoms with van der Waals surface area (Å²) >= 11 is 2.35. The molecule has 0 saturated heterocycles. The Hall–Kier alpha value is -1.55. The fraction of sp³-hybridized carbons (Fsp3) is 0.200. The minimum atomic E-state index is 0.549. The minimum Gasteiger partial charge on any atom is -0.373 e. The largest absolute Gasteiger partial charge is 0.373 e. The van der Waals surface area contributed by atoms with E-state index in [-0.39, 0.29) is 0 Å². The van der Waals surface area contributed by atoms with E-state index in [1.807, 2.05) is 0 Å². The van der Waals surface area contributed by atoms with Gasteiger partial charge in [-0.1, -0.05) is 60.7 Å². The predicted octanol–water partition coefficient (Wildman–Crippen LogP) is 5.34. The molecular weight excluding hydrogens is 381 g/mol. The molecule has 0 spiro atoms. The average molecular weight is 401 g/mol. The van der Waals surface area contributed by atoms with Crippen LogP contribution in [0.2, 0.25) is 0 Å². The summed E-state index contributed by atoms with van der Waals surface area (Å²) in [6.07, 6.45) is 10.3. The fourth-order valence-corrected chi connectivity index (χ4v) is 2.99. The number of rotatable bonds is 4. The average Bonchev–Trinajstić information content (AvgIpc) is 2.57. The van der Waals surface area contributed by atoms with Gasteiger partial charge in [0, 0.05) is 16.7 Å². The Morgan fingerprint density at radius 3 is 2.50 bits per heavy atom. The van der Waals surface area contributed by atoms with Crippen molar-refractivity contribution < 1.29 is 0 Å². The molecule has 0 bridgehead atoms. The van der Waals surface area contributed by atoms with Crippen LogP contribution in [0.3, 0.4) is 0 Å². The van der Waals surface area contributed by atoms with Crippen LogP contribution in [-0.2, 0) is 6.54 Å². The van der Waals surface area contributed by atoms with E-state index in [9.17, 15) is 0 Å². The van der Waals surface area contributed by atoms with E-state index in [0.717, 1.165) is 13.1 Å². The second-order valence-corrected chi connectivity index (χ2v) is 6.91. The van der Waals surface area contributed by atoms with Crippen molar-refractivity contribution in [2.24, 2.45) is 5.92 Å². The Balaban J connectivity index is 1.55. The molecule has 0 fully saturated rings. The van der Waals surface area contributed by atoms with Gasteiger partial charge in [0.25, 0.3) is 0 Å². The van der Waals surface area contributed by atoms with Crippen LogP contribution in [0.15, 0.2) is 72.9 Å². The van der Waals surface area contributed by atoms with Gasteiger partial charge >= 0.3 is 0 Å². The molecule has 1 aliphatic heterocycles. The third kappa shape index (κ3) is 4.47. The van der Waals surface area contributed by atoms with Crippen LogP contribution in [0.5, 0.6) is 0 Å². The van der Waals surface area contributed by atoms with Gasteiger partial charge in [0.1, 0.15) is 0 Å². The van der Waals surface area contributed by atoms with Crippen molar-refractivity contribution in [3.63, 3.8) is 0 Å². The molecule has 0 saturated carbocycles. The fourth-order valence-electron chi connectivity index (χ4n) is 2.63. The molecule has 22 heavy (non-hydrogen) atoms. The molecule has 0 aromatic heterocycles. The first-order valence-electron chi connectivity index (χ1n) is 7.70. The highest BCUT2D eigenvalue weighted by Crippen LogP contribution is 2.19. The molecule has 112 valence electrons. The molecule has 1 unspecified atom stereocenters. The molecule has 1 atom stereocenters. The molecule has 0 amide bonds. The number of hydrogen-bond acceptors (Lipinski definition) is 1. The van der Waals surface area contributed by atoms with Gasteiger partial charge in [-0.3, -0.25) is 0 Å². The quantitative estimate of drug-likeness (QED) is 0.626. The van der Waals surface area contributed by atoms with E-state index in [0.29, 0.717) is 5.92 Å². The maximum absolute atomic E-state index is 2.40. The number of benzene rings is 2. The van der Waals surface area contributed by atoms with Crippen LogP contribution in [0.1, 0.15) is 17.5 Å². The maximum atomic E-state index is 2.40. The summed E-state index contributed by atoms with van der Waals surface area (Å²) in [7, 11) is 0. The highest BCUT2D eigenvalue weighted by atomic mass is 127. The van der Waals surface area contributed by atoms with Crippen LogP contribution in [0, 0.1) is 9.49 Å². The van der Waals surface area contributed by atoms with E-state index in [4.69, 9.17) is 0 Å². The molecule has 2 aromatic carbocycles. The number of nitrogens with zero attached hydrogens (tertiary/aromatic N) is 1. The SMILES string of the molecule is Ic1ccc(CN2C=CC(C=Cc3ccccc3)CC2)cc1. The molecular formula is C20H20IN. The van der Waals surface area contributed by atoms with E-state index in [1.54, 1.807) is 0 Å². The maximum Gasteiger partial charge on any atom is 0.0423 e. The minimum absolute atomic E-state index is 0.549. The Morgan fingerprint density at radius 2 is 1.82 bits per heavy atom. The van der Waals surface area contributed by atoms with E-state index in [2.05, 4.69) is 107 Å². The van der Waals surface area contributed by atoms with Gasteiger partial charge in [-0.05, 0) is 64.4 Å². The first-order valence-corrected chi connectivity index (χ1v) is 8.77. The highest BCUT2D eigenvalue weighted by molar-refractivity contribution is 14.1. The lowest BCUT2D eigenvalue weighted by atomic mass is 10.0. The Morgan fingerprint density at radius 1 is 1.05 bits per heavy atom. The molecule has 2 heteroatoms. The summed E-state index contributed by atoms with van der Waals surface area (Å²) in [5.74, 6) is 0.549. The summed E-state index contributed by atoms with van der Waals surface area (Å²) in [4.78, 5) is 2.40. The van der Waals surface area contributed by atoms with Gasteiger partial charge in [0.15, 0.2) is 0 Å². The molecule has 0 aliphatic carbocycles. The monoisotopic (exact) mass is 401 g/mol. The number of hydrogen-bond donors (Lipinski definition) is 0. The number of halogens is 1. The molecule has 1 nitrogen and oxygen atoms in total. The van der Waals surface area contributed by atoms with Gasteiger partial charge in [0.05, 0.1) is 0 Å². The first kappa shape index (κ1) is 15.3. The third-order valence-corrected chi connectivity index (χ3v) is 4.65. The normalized spacial score (nSPS) is 18.0. The first-order chi connectivity index (χ1) is 10.8. The lowest BCUT2D eigenvalue weighted by Crippen LogP contribution is -2.23. The standard InChI is InChI=1S/C20H20IN/c21-20-10-8-19(9-11-20)16-22-14-12-18(13-15-22)7-6-17-4-2-1-3-5-17/h1-12,14,18H,13,15-16H2. The van der Waals surface area contributed by atoms with Crippen molar-refractivity contribution in [2.45, 2.75) is 13.0 Å². The van der Waals surface area contributed by atoms with Crippen molar-refractivity contribution in [1.82, 2.24) is 4.90 Å². The zero-order valence-corrected chi connectivity index (χ0v) is 14.7. The Bertz CT molecular complexity index is 643. The highest BCUT2D eigenvalue weighted by Gasteiger charge is 2.10. The lowest BCUT2D eigenvalue weighted by molar-refractivity contribution is 0.332. The smallest absolute Gasteiger partial charge is 0.0423 e. The topological polar surface area (TPSA) is 3.24 Å². The van der Waals surface area contributed by atoms with Gasteiger partial charge < -0.3 is 4.90 Å². The third-order valence-electron chi connectivity index (χ3n) is 3.93. The van der Waals surface area contributed by atoms with E-state index >= 15 is 0 Å². The summed E-state index contributed by atoms with van der Waals surface area (Å²) < 4.78 is 1.29. The van der Waals surface area contributed by atoms with E-state index < -0.39 is 0 Å². The Kier molecular flexibility index (Phi) is 5.33. The van der Waals surface area contributed by atoms with Crippen molar-refractivity contribution >= 4 is 28.7 Å². The Labute approximate surface area is 146 Å². The van der Waals surface area contributed by atoms with Crippen LogP contribution in [0.25, 0.3) is 6.08 Å². The zero-order valence-electron chi connectivity index (χ0n) is 12.5. The van der Waals surface area contributed by atoms with Crippen molar-refractivity contribution in [1.29, 1.82) is 0 Å². The van der Waals surface area contributed by atoms with Gasteiger partial charge in [-0.2, -0.15) is 0 Å². The van der Waals surface area contributed by atoms with Gasteiger partial charge in [-0.25, -0.2) is 0 Å². The summed E-state index contributed by atoms with van der Waals surface area (Å²) in [5.41, 5.74) is 2.65. The molecule has 0 radical (unpaired) electrons. The molecule has 1 heterocycles. The molecule has 0 N–H and O–H groups in total. The van der Waals surface area contributed by atoms with Gasteiger partial charge in [-0.15, -0.1) is 0 Å². The molecule has 3 rings (SSSR count). The second kappa shape index (κ2) is 7.63.